The Morgan fingerprint density at radius 3 is 2.86 bits per heavy atom. The first-order valence-corrected chi connectivity index (χ1v) is 8.37. The molecule has 0 aliphatic heterocycles. The lowest BCUT2D eigenvalue weighted by molar-refractivity contribution is 0.0532. The maximum atomic E-state index is 5.96. The van der Waals surface area contributed by atoms with E-state index in [1.807, 2.05) is 11.7 Å². The third-order valence-electron chi connectivity index (χ3n) is 4.28. The van der Waals surface area contributed by atoms with Crippen LogP contribution in [0.1, 0.15) is 44.7 Å². The number of rotatable bonds is 6. The molecule has 0 amide bonds. The van der Waals surface area contributed by atoms with E-state index in [0.29, 0.717) is 6.10 Å². The number of hydrogen-bond acceptors (Lipinski definition) is 3. The molecular weight excluding hydrogens is 284 g/mol. The normalized spacial score (nSPS) is 16.3. The highest BCUT2D eigenvalue weighted by Crippen LogP contribution is 2.22. The molecule has 2 heterocycles. The van der Waals surface area contributed by atoms with Crippen molar-refractivity contribution in [2.75, 3.05) is 6.61 Å². The zero-order valence-electron chi connectivity index (χ0n) is 12.9. The van der Waals surface area contributed by atoms with Crippen LogP contribution in [-0.2, 0) is 24.8 Å². The summed E-state index contributed by atoms with van der Waals surface area (Å²) in [5.74, 6) is 0. The smallest absolute Gasteiger partial charge is 0.179 e. The molecule has 1 saturated carbocycles. The molecule has 21 heavy (non-hydrogen) atoms. The predicted octanol–water partition coefficient (Wildman–Crippen LogP) is 3.34. The molecule has 116 valence electrons. The van der Waals surface area contributed by atoms with Gasteiger partial charge in [-0.1, -0.05) is 26.2 Å². The summed E-state index contributed by atoms with van der Waals surface area (Å²) in [7, 11) is 1.98. The van der Waals surface area contributed by atoms with Crippen molar-refractivity contribution in [3.63, 3.8) is 0 Å². The summed E-state index contributed by atoms with van der Waals surface area (Å²) in [5.41, 5.74) is 3.28. The molecule has 2 aromatic rings. The first kappa shape index (κ1) is 14.8. The van der Waals surface area contributed by atoms with Crippen LogP contribution in [0.15, 0.2) is 0 Å². The van der Waals surface area contributed by atoms with Crippen molar-refractivity contribution in [2.24, 2.45) is 7.05 Å². The lowest BCUT2D eigenvalue weighted by atomic mass is 10.2. The first-order valence-electron chi connectivity index (χ1n) is 7.96. The molecular formula is C15H24N4OS. The molecule has 0 saturated heterocycles. The molecule has 5 nitrogen and oxygen atoms in total. The summed E-state index contributed by atoms with van der Waals surface area (Å²) in [6.45, 7) is 3.68. The van der Waals surface area contributed by atoms with Crippen molar-refractivity contribution in [3.8, 4) is 0 Å². The van der Waals surface area contributed by atoms with Crippen LogP contribution >= 0.6 is 12.2 Å². The number of fused-ring (bicyclic) bond motifs is 1. The predicted molar refractivity (Wildman–Crippen MR) is 86.1 cm³/mol. The molecule has 3 rings (SSSR count). The molecule has 6 heteroatoms. The lowest BCUT2D eigenvalue weighted by Gasteiger charge is -2.11. The van der Waals surface area contributed by atoms with Gasteiger partial charge in [0.25, 0.3) is 0 Å². The second kappa shape index (κ2) is 6.32. The van der Waals surface area contributed by atoms with Crippen LogP contribution in [0.25, 0.3) is 11.2 Å². The average Bonchev–Trinajstić information content (AvgIpc) is 3.13. The van der Waals surface area contributed by atoms with Crippen molar-refractivity contribution < 1.29 is 4.74 Å². The number of hydrogen-bond donors (Lipinski definition) is 1. The van der Waals surface area contributed by atoms with Gasteiger partial charge in [-0.3, -0.25) is 9.25 Å². The molecule has 0 radical (unpaired) electrons. The van der Waals surface area contributed by atoms with E-state index in [1.165, 1.54) is 25.7 Å². The van der Waals surface area contributed by atoms with Gasteiger partial charge in [-0.15, -0.1) is 0 Å². The maximum absolute atomic E-state index is 5.96. The summed E-state index contributed by atoms with van der Waals surface area (Å²) in [5, 5.41) is 4.60. The van der Waals surface area contributed by atoms with Gasteiger partial charge in [0.05, 0.1) is 24.9 Å². The zero-order valence-corrected chi connectivity index (χ0v) is 13.7. The van der Waals surface area contributed by atoms with Crippen LogP contribution in [0.3, 0.4) is 0 Å². The number of nitrogens with one attached hydrogen (secondary N) is 1. The van der Waals surface area contributed by atoms with Crippen molar-refractivity contribution in [2.45, 2.75) is 58.1 Å². The topological polar surface area (TPSA) is 47.8 Å². The number of imidazole rings is 1. The molecule has 2 aromatic heterocycles. The van der Waals surface area contributed by atoms with Crippen LogP contribution in [0.5, 0.6) is 0 Å². The number of aryl methyl sites for hydroxylation is 2. The summed E-state index contributed by atoms with van der Waals surface area (Å²) in [6.07, 6.45) is 7.55. The molecule has 0 aromatic carbocycles. The van der Waals surface area contributed by atoms with Gasteiger partial charge in [0.1, 0.15) is 5.52 Å². The van der Waals surface area contributed by atoms with Gasteiger partial charge in [0.15, 0.2) is 10.4 Å². The number of aromatic nitrogens is 4. The van der Waals surface area contributed by atoms with E-state index >= 15 is 0 Å². The maximum Gasteiger partial charge on any atom is 0.179 e. The largest absolute Gasteiger partial charge is 0.376 e. The van der Waals surface area contributed by atoms with Crippen LogP contribution < -0.4 is 0 Å². The van der Waals surface area contributed by atoms with Crippen LogP contribution in [0.4, 0.5) is 0 Å². The molecule has 1 N–H and O–H groups in total. The third kappa shape index (κ3) is 2.92. The Labute approximate surface area is 130 Å². The number of ether oxygens (including phenoxy) is 1. The van der Waals surface area contributed by atoms with Gasteiger partial charge in [-0.25, -0.2) is 0 Å². The SMILES string of the molecule is CCCc1nn(C)c2c1[nH]c(=S)n2CCOC1CCCC1. The van der Waals surface area contributed by atoms with Gasteiger partial charge >= 0.3 is 0 Å². The van der Waals surface area contributed by atoms with Crippen molar-refractivity contribution in [1.82, 2.24) is 19.3 Å². The first-order chi connectivity index (χ1) is 10.2. The monoisotopic (exact) mass is 308 g/mol. The minimum Gasteiger partial charge on any atom is -0.376 e. The molecule has 0 atom stereocenters. The summed E-state index contributed by atoms with van der Waals surface area (Å²) in [4.78, 5) is 3.32. The van der Waals surface area contributed by atoms with E-state index in [4.69, 9.17) is 17.0 Å². The summed E-state index contributed by atoms with van der Waals surface area (Å²) >= 11 is 5.47. The van der Waals surface area contributed by atoms with Crippen molar-refractivity contribution in [1.29, 1.82) is 0 Å². The Hall–Kier alpha value is -1.14. The Balaban J connectivity index is 1.77. The average molecular weight is 308 g/mol. The fourth-order valence-electron chi connectivity index (χ4n) is 3.26. The van der Waals surface area contributed by atoms with Crippen LogP contribution in [0, 0.1) is 4.77 Å². The number of nitrogens with zero attached hydrogens (tertiary/aromatic N) is 3. The highest BCUT2D eigenvalue weighted by Gasteiger charge is 2.17. The summed E-state index contributed by atoms with van der Waals surface area (Å²) in [6, 6.07) is 0. The molecule has 0 spiro atoms. The molecule has 0 unspecified atom stereocenters. The van der Waals surface area contributed by atoms with E-state index in [0.717, 1.165) is 47.6 Å². The van der Waals surface area contributed by atoms with Crippen LogP contribution in [-0.4, -0.2) is 32.0 Å². The molecule has 0 bridgehead atoms. The fraction of sp³-hybridized carbons (Fsp3) is 0.733. The van der Waals surface area contributed by atoms with Crippen LogP contribution in [0.2, 0.25) is 0 Å². The van der Waals surface area contributed by atoms with E-state index in [1.54, 1.807) is 0 Å². The van der Waals surface area contributed by atoms with Gasteiger partial charge in [0, 0.05) is 7.05 Å². The third-order valence-corrected chi connectivity index (χ3v) is 4.60. The fourth-order valence-corrected chi connectivity index (χ4v) is 3.54. The zero-order chi connectivity index (χ0) is 14.8. The van der Waals surface area contributed by atoms with E-state index in [9.17, 15) is 0 Å². The number of aromatic amines is 1. The molecule has 1 fully saturated rings. The Morgan fingerprint density at radius 2 is 2.14 bits per heavy atom. The highest BCUT2D eigenvalue weighted by molar-refractivity contribution is 7.71. The second-order valence-electron chi connectivity index (χ2n) is 5.88. The molecule has 1 aliphatic rings. The van der Waals surface area contributed by atoms with Gasteiger partial charge in [-0.2, -0.15) is 5.10 Å². The van der Waals surface area contributed by atoms with Gasteiger partial charge < -0.3 is 9.72 Å². The van der Waals surface area contributed by atoms with E-state index < -0.39 is 0 Å². The summed E-state index contributed by atoms with van der Waals surface area (Å²) < 4.78 is 10.8. The quantitative estimate of drug-likeness (QED) is 0.833. The number of H-pyrrole nitrogens is 1. The minimum absolute atomic E-state index is 0.454. The Bertz CT molecular complexity index is 663. The second-order valence-corrected chi connectivity index (χ2v) is 6.26. The van der Waals surface area contributed by atoms with Crippen molar-refractivity contribution >= 4 is 23.4 Å². The van der Waals surface area contributed by atoms with E-state index in [2.05, 4.69) is 21.6 Å². The van der Waals surface area contributed by atoms with Gasteiger partial charge in [0.2, 0.25) is 0 Å². The van der Waals surface area contributed by atoms with Crippen molar-refractivity contribution in [3.05, 3.63) is 10.5 Å². The Morgan fingerprint density at radius 1 is 1.38 bits per heavy atom. The van der Waals surface area contributed by atoms with E-state index in [-0.39, 0.29) is 0 Å². The lowest BCUT2D eigenvalue weighted by Crippen LogP contribution is -2.14. The molecule has 1 aliphatic carbocycles. The minimum atomic E-state index is 0.454. The van der Waals surface area contributed by atoms with Gasteiger partial charge in [-0.05, 0) is 31.5 Å². The Kier molecular flexibility index (Phi) is 4.45. The standard InChI is InChI=1S/C15H24N4OS/c1-3-6-12-13-14(18(2)17-12)19(15(21)16-13)9-10-20-11-7-4-5-8-11/h11H,3-10H2,1-2H3,(H,16,21). The highest BCUT2D eigenvalue weighted by atomic mass is 32.1.